The molecule has 0 spiro atoms. The van der Waals surface area contributed by atoms with Gasteiger partial charge in [-0.2, -0.15) is 0 Å². The molecular weight excluding hydrogens is 290 g/mol. The first-order valence-electron chi connectivity index (χ1n) is 7.48. The molecule has 23 heavy (non-hydrogen) atoms. The quantitative estimate of drug-likeness (QED) is 0.765. The third-order valence-electron chi connectivity index (χ3n) is 3.52. The van der Waals surface area contributed by atoms with E-state index in [0.29, 0.717) is 6.54 Å². The summed E-state index contributed by atoms with van der Waals surface area (Å²) in [6.07, 6.45) is 0.138. The first-order valence-corrected chi connectivity index (χ1v) is 7.48. The number of nitrogens with one attached hydrogen (secondary N) is 2. The second-order valence-electron chi connectivity index (χ2n) is 5.44. The first kappa shape index (κ1) is 16.5. The van der Waals surface area contributed by atoms with E-state index in [1.165, 1.54) is 5.56 Å². The standard InChI is InChI=1S/C18H21N3O2/c1-13-7-9-14(10-8-13)12-20-17(22)11-16(21-18(19)23)15-5-3-2-4-6-15/h2-10,16H,11-12H2,1H3,(H,20,22)(H3,19,21,23)/t16-/m1/s1. The summed E-state index contributed by atoms with van der Waals surface area (Å²) >= 11 is 0. The third kappa shape index (κ3) is 5.47. The van der Waals surface area contributed by atoms with Crippen molar-refractivity contribution in [3.8, 4) is 0 Å². The van der Waals surface area contributed by atoms with Crippen LogP contribution >= 0.6 is 0 Å². The van der Waals surface area contributed by atoms with Crippen molar-refractivity contribution in [3.63, 3.8) is 0 Å². The molecule has 3 amide bonds. The zero-order valence-electron chi connectivity index (χ0n) is 13.1. The lowest BCUT2D eigenvalue weighted by atomic mass is 10.0. The van der Waals surface area contributed by atoms with E-state index in [9.17, 15) is 9.59 Å². The van der Waals surface area contributed by atoms with E-state index >= 15 is 0 Å². The molecule has 1 atom stereocenters. The Morgan fingerprint density at radius 1 is 1.04 bits per heavy atom. The lowest BCUT2D eigenvalue weighted by Crippen LogP contribution is -2.36. The Balaban J connectivity index is 1.94. The molecule has 0 radical (unpaired) electrons. The van der Waals surface area contributed by atoms with Crippen LogP contribution in [0.15, 0.2) is 54.6 Å². The van der Waals surface area contributed by atoms with Gasteiger partial charge in [-0.25, -0.2) is 4.79 Å². The highest BCUT2D eigenvalue weighted by Gasteiger charge is 2.17. The van der Waals surface area contributed by atoms with Crippen molar-refractivity contribution in [2.24, 2.45) is 5.73 Å². The second kappa shape index (κ2) is 7.98. The number of carbonyl (C=O) groups excluding carboxylic acids is 2. The predicted octanol–water partition coefficient (Wildman–Crippen LogP) is 2.41. The van der Waals surface area contributed by atoms with Gasteiger partial charge in [-0.05, 0) is 18.1 Å². The van der Waals surface area contributed by atoms with E-state index in [1.54, 1.807) is 0 Å². The minimum absolute atomic E-state index is 0.138. The van der Waals surface area contributed by atoms with Gasteiger partial charge in [0.05, 0.1) is 12.5 Å². The molecule has 0 aromatic heterocycles. The molecule has 0 aliphatic rings. The number of primary amides is 1. The van der Waals surface area contributed by atoms with Gasteiger partial charge in [0.25, 0.3) is 0 Å². The molecule has 0 bridgehead atoms. The molecule has 2 rings (SSSR count). The number of carbonyl (C=O) groups is 2. The number of aryl methyl sites for hydroxylation is 1. The Morgan fingerprint density at radius 2 is 1.70 bits per heavy atom. The summed E-state index contributed by atoms with van der Waals surface area (Å²) in [5.74, 6) is -0.145. The summed E-state index contributed by atoms with van der Waals surface area (Å²) in [6.45, 7) is 2.47. The fraction of sp³-hybridized carbons (Fsp3) is 0.222. The van der Waals surface area contributed by atoms with Crippen LogP contribution in [-0.2, 0) is 11.3 Å². The topological polar surface area (TPSA) is 84.2 Å². The summed E-state index contributed by atoms with van der Waals surface area (Å²) in [4.78, 5) is 23.3. The minimum Gasteiger partial charge on any atom is -0.352 e. The summed E-state index contributed by atoms with van der Waals surface area (Å²) < 4.78 is 0. The number of hydrogen-bond donors (Lipinski definition) is 3. The molecular formula is C18H21N3O2. The van der Waals surface area contributed by atoms with Gasteiger partial charge < -0.3 is 16.4 Å². The monoisotopic (exact) mass is 311 g/mol. The molecule has 0 unspecified atom stereocenters. The van der Waals surface area contributed by atoms with Crippen LogP contribution in [0.5, 0.6) is 0 Å². The zero-order valence-corrected chi connectivity index (χ0v) is 13.1. The smallest absolute Gasteiger partial charge is 0.312 e. The van der Waals surface area contributed by atoms with Crippen LogP contribution in [0.4, 0.5) is 4.79 Å². The maximum Gasteiger partial charge on any atom is 0.312 e. The van der Waals surface area contributed by atoms with E-state index in [-0.39, 0.29) is 12.3 Å². The van der Waals surface area contributed by atoms with E-state index in [2.05, 4.69) is 10.6 Å². The van der Waals surface area contributed by atoms with Crippen molar-refractivity contribution in [2.45, 2.75) is 25.9 Å². The van der Waals surface area contributed by atoms with Gasteiger partial charge in [-0.15, -0.1) is 0 Å². The van der Waals surface area contributed by atoms with Crippen LogP contribution in [0.2, 0.25) is 0 Å². The Kier molecular flexibility index (Phi) is 5.74. The second-order valence-corrected chi connectivity index (χ2v) is 5.44. The molecule has 5 heteroatoms. The summed E-state index contributed by atoms with van der Waals surface area (Å²) in [7, 11) is 0. The molecule has 0 saturated carbocycles. The molecule has 0 aliphatic heterocycles. The molecule has 120 valence electrons. The Bertz CT molecular complexity index is 654. The molecule has 2 aromatic rings. The van der Waals surface area contributed by atoms with Gasteiger partial charge in [-0.1, -0.05) is 60.2 Å². The minimum atomic E-state index is -0.648. The number of hydrogen-bond acceptors (Lipinski definition) is 2. The van der Waals surface area contributed by atoms with Crippen LogP contribution in [0, 0.1) is 6.92 Å². The molecule has 0 heterocycles. The van der Waals surface area contributed by atoms with Crippen molar-refractivity contribution < 1.29 is 9.59 Å². The van der Waals surface area contributed by atoms with Crippen LogP contribution in [0.1, 0.15) is 29.2 Å². The number of rotatable bonds is 6. The molecule has 0 fully saturated rings. The van der Waals surface area contributed by atoms with Crippen molar-refractivity contribution in [1.82, 2.24) is 10.6 Å². The van der Waals surface area contributed by atoms with E-state index in [0.717, 1.165) is 11.1 Å². The highest BCUT2D eigenvalue weighted by Crippen LogP contribution is 2.16. The largest absolute Gasteiger partial charge is 0.352 e. The highest BCUT2D eigenvalue weighted by molar-refractivity contribution is 5.78. The average molecular weight is 311 g/mol. The van der Waals surface area contributed by atoms with Crippen LogP contribution in [0.25, 0.3) is 0 Å². The fourth-order valence-corrected chi connectivity index (χ4v) is 2.27. The average Bonchev–Trinajstić information content (AvgIpc) is 2.54. The van der Waals surface area contributed by atoms with Gasteiger partial charge in [-0.3, -0.25) is 4.79 Å². The highest BCUT2D eigenvalue weighted by atomic mass is 16.2. The normalized spacial score (nSPS) is 11.5. The number of amides is 3. The Labute approximate surface area is 135 Å². The van der Waals surface area contributed by atoms with Crippen molar-refractivity contribution >= 4 is 11.9 Å². The summed E-state index contributed by atoms with van der Waals surface area (Å²) in [5, 5.41) is 5.47. The Morgan fingerprint density at radius 3 is 2.30 bits per heavy atom. The maximum atomic E-state index is 12.1. The van der Waals surface area contributed by atoms with E-state index in [1.807, 2.05) is 61.5 Å². The van der Waals surface area contributed by atoms with Gasteiger partial charge >= 0.3 is 6.03 Å². The first-order chi connectivity index (χ1) is 11.0. The SMILES string of the molecule is Cc1ccc(CNC(=O)C[C@@H](NC(N)=O)c2ccccc2)cc1. The van der Waals surface area contributed by atoms with Crippen LogP contribution < -0.4 is 16.4 Å². The number of urea groups is 1. The van der Waals surface area contributed by atoms with Gasteiger partial charge in [0, 0.05) is 6.54 Å². The lowest BCUT2D eigenvalue weighted by molar-refractivity contribution is -0.121. The molecule has 0 aliphatic carbocycles. The van der Waals surface area contributed by atoms with E-state index in [4.69, 9.17) is 5.73 Å². The van der Waals surface area contributed by atoms with E-state index < -0.39 is 12.1 Å². The molecule has 4 N–H and O–H groups in total. The van der Waals surface area contributed by atoms with Crippen molar-refractivity contribution in [1.29, 1.82) is 0 Å². The fourth-order valence-electron chi connectivity index (χ4n) is 2.27. The molecule has 2 aromatic carbocycles. The van der Waals surface area contributed by atoms with Gasteiger partial charge in [0.2, 0.25) is 5.91 Å². The third-order valence-corrected chi connectivity index (χ3v) is 3.52. The van der Waals surface area contributed by atoms with Crippen molar-refractivity contribution in [2.75, 3.05) is 0 Å². The van der Waals surface area contributed by atoms with Crippen LogP contribution in [0.3, 0.4) is 0 Å². The summed E-state index contributed by atoms with van der Waals surface area (Å²) in [6, 6.07) is 16.2. The molecule has 5 nitrogen and oxygen atoms in total. The summed E-state index contributed by atoms with van der Waals surface area (Å²) in [5.41, 5.74) is 8.25. The molecule has 0 saturated heterocycles. The Hall–Kier alpha value is -2.82. The number of benzene rings is 2. The lowest BCUT2D eigenvalue weighted by Gasteiger charge is -2.17. The zero-order chi connectivity index (χ0) is 16.7. The maximum absolute atomic E-state index is 12.1. The van der Waals surface area contributed by atoms with Gasteiger partial charge in [0.1, 0.15) is 0 Å². The van der Waals surface area contributed by atoms with Gasteiger partial charge in [0.15, 0.2) is 0 Å². The van der Waals surface area contributed by atoms with Crippen molar-refractivity contribution in [3.05, 3.63) is 71.3 Å². The number of nitrogens with two attached hydrogens (primary N) is 1. The van der Waals surface area contributed by atoms with Crippen LogP contribution in [-0.4, -0.2) is 11.9 Å². The predicted molar refractivity (Wildman–Crippen MR) is 89.5 cm³/mol.